The number of hydrogen-bond acceptors (Lipinski definition) is 18. The van der Waals surface area contributed by atoms with Crippen LogP contribution in [0, 0.1) is 11.8 Å². The van der Waals surface area contributed by atoms with Gasteiger partial charge >= 0.3 is 18.1 Å². The van der Waals surface area contributed by atoms with Crippen LogP contribution in [0.4, 0.5) is 32.5 Å². The van der Waals surface area contributed by atoms with E-state index >= 15 is 0 Å². The number of imide groups is 1. The molecular weight excluding hydrogens is 1040 g/mol. The largest absolute Gasteiger partial charge is 0.494 e. The summed E-state index contributed by atoms with van der Waals surface area (Å²) in [4.78, 5) is 130. The van der Waals surface area contributed by atoms with Crippen molar-refractivity contribution in [2.24, 2.45) is 17.6 Å². The average Bonchev–Trinajstić information content (AvgIpc) is 3.77. The second-order valence-electron chi connectivity index (χ2n) is 19.1. The van der Waals surface area contributed by atoms with Crippen molar-refractivity contribution in [1.29, 1.82) is 0 Å². The average molecular weight is 1110 g/mol. The fourth-order valence-electron chi connectivity index (χ4n) is 8.62. The van der Waals surface area contributed by atoms with Gasteiger partial charge in [-0.2, -0.15) is 0 Å². The van der Waals surface area contributed by atoms with Gasteiger partial charge < -0.3 is 61.9 Å². The van der Waals surface area contributed by atoms with Crippen LogP contribution in [-0.4, -0.2) is 138 Å². The first-order valence-corrected chi connectivity index (χ1v) is 26.2. The van der Waals surface area contributed by atoms with Crippen LogP contribution in [0.1, 0.15) is 81.3 Å². The number of morpholine rings is 1. The van der Waals surface area contributed by atoms with E-state index in [9.17, 15) is 43.2 Å². The molecule has 0 spiro atoms. The van der Waals surface area contributed by atoms with Gasteiger partial charge in [0.15, 0.2) is 17.3 Å². The van der Waals surface area contributed by atoms with Gasteiger partial charge in [0.05, 0.1) is 62.4 Å². The number of urea groups is 1. The van der Waals surface area contributed by atoms with Crippen LogP contribution in [0.25, 0.3) is 11.3 Å². The molecule has 4 heterocycles. The van der Waals surface area contributed by atoms with E-state index in [1.54, 1.807) is 74.8 Å². The highest BCUT2D eigenvalue weighted by atomic mass is 16.6. The number of aromatic nitrogens is 3. The first kappa shape index (κ1) is 60.2. The number of nitrogens with one attached hydrogen (secondary N) is 5. The molecule has 426 valence electrons. The van der Waals surface area contributed by atoms with Crippen LogP contribution < -0.4 is 47.7 Å². The summed E-state index contributed by atoms with van der Waals surface area (Å²) in [6, 6.07) is 12.2. The Labute approximate surface area is 462 Å². The van der Waals surface area contributed by atoms with Gasteiger partial charge in [0, 0.05) is 81.0 Å². The lowest BCUT2D eigenvalue weighted by Crippen LogP contribution is -2.45. The minimum Gasteiger partial charge on any atom is -0.494 e. The number of ketones is 1. The lowest BCUT2D eigenvalue weighted by Gasteiger charge is -2.30. The predicted molar refractivity (Wildman–Crippen MR) is 292 cm³/mol. The van der Waals surface area contributed by atoms with Crippen molar-refractivity contribution in [1.82, 2.24) is 35.8 Å². The highest BCUT2D eigenvalue weighted by Gasteiger charge is 2.30. The highest BCUT2D eigenvalue weighted by molar-refractivity contribution is 6.13. The zero-order valence-corrected chi connectivity index (χ0v) is 44.9. The monoisotopic (exact) mass is 1100 g/mol. The number of carbonyl (C=O) groups excluding carboxylic acids is 9. The number of alkyl carbamates (subject to hydrolysis) is 1. The van der Waals surface area contributed by atoms with Crippen LogP contribution in [-0.2, 0) is 49.6 Å². The number of nitrogens with zero attached hydrogens (tertiary/aromatic N) is 5. The lowest BCUT2D eigenvalue weighted by atomic mass is 9.89. The Hall–Kier alpha value is -9.00. The van der Waals surface area contributed by atoms with Crippen molar-refractivity contribution in [3.8, 4) is 17.0 Å². The van der Waals surface area contributed by atoms with Crippen molar-refractivity contribution < 1.29 is 62.1 Å². The fraction of sp³-hybridized carbons (Fsp3) is 0.418. The van der Waals surface area contributed by atoms with E-state index in [2.05, 4.69) is 46.4 Å². The van der Waals surface area contributed by atoms with Crippen LogP contribution in [0.3, 0.4) is 0 Å². The van der Waals surface area contributed by atoms with E-state index in [-0.39, 0.29) is 92.9 Å². The quantitative estimate of drug-likeness (QED) is 0.0229. The molecule has 0 saturated carbocycles. The minimum absolute atomic E-state index is 0.0103. The number of rotatable bonds is 29. The van der Waals surface area contributed by atoms with Gasteiger partial charge in [-0.1, -0.05) is 32.4 Å². The molecule has 1 saturated heterocycles. The van der Waals surface area contributed by atoms with Crippen molar-refractivity contribution in [2.75, 3.05) is 74.4 Å². The summed E-state index contributed by atoms with van der Waals surface area (Å²) in [5.74, 6) is -3.94. The summed E-state index contributed by atoms with van der Waals surface area (Å²) in [5, 5.41) is 13.5. The number of Topliss-reactive ketones (excluding diaryl/α,β-unsaturated/α-hetero) is 1. The SMILES string of the molecule is COC(=O)[C@@H](CCOc1ccc(-c2cnc(N)c(C(=O)Nc3cnccc3N3CCOCC3)n2)cc1)NC(=O)OCc1ccc(NC(=O)[C@H](CCCNC(N)=O)CC(=O)[C@@H](NC(=O)CCCCCN2C(=O)C=CC2=O)C(C)C)cc1. The standard InChI is InChI=1S/C55H68N12O13/c1-34(2)48(65-45(69)9-5-4-6-24-67-46(70)18-19-47(67)71)44(68)30-37(8-7-22-59-54(57)75)51(72)61-38-14-10-35(11-15-38)33-80-55(76)64-40(53(74)77-3)21-27-79-39-16-12-36(13-17-39)41-32-60-50(56)49(62-41)52(73)63-42-31-58-23-20-43(42)66-25-28-78-29-26-66/h10-20,23,31-32,34,37,40,48H,4-9,21-22,24-30,33H2,1-3H3,(H2,56,60)(H,61,72)(H,63,73)(H,64,76)(H,65,69)(H3,57,59,75)/t37-,40-,48+/m1/s1. The zero-order chi connectivity index (χ0) is 57.6. The zero-order valence-electron chi connectivity index (χ0n) is 44.9. The Morgan fingerprint density at radius 2 is 1.56 bits per heavy atom. The van der Waals surface area contributed by atoms with E-state index in [0.29, 0.717) is 85.9 Å². The first-order chi connectivity index (χ1) is 38.5. The molecule has 0 radical (unpaired) electrons. The number of unbranched alkanes of at least 4 members (excludes halogenated alkanes) is 2. The molecule has 9 N–H and O–H groups in total. The number of nitrogens with two attached hydrogens (primary N) is 2. The second-order valence-corrected chi connectivity index (χ2v) is 19.1. The molecule has 2 aliphatic rings. The third-order valence-corrected chi connectivity index (χ3v) is 13.0. The van der Waals surface area contributed by atoms with Gasteiger partial charge in [0.1, 0.15) is 18.4 Å². The number of carbonyl (C=O) groups is 9. The van der Waals surface area contributed by atoms with Crippen LogP contribution in [0.2, 0.25) is 0 Å². The summed E-state index contributed by atoms with van der Waals surface area (Å²) in [7, 11) is 1.18. The van der Waals surface area contributed by atoms with Crippen molar-refractivity contribution >= 4 is 76.3 Å². The molecule has 8 amide bonds. The van der Waals surface area contributed by atoms with Crippen molar-refractivity contribution in [3.63, 3.8) is 0 Å². The lowest BCUT2D eigenvalue weighted by molar-refractivity contribution is -0.143. The maximum atomic E-state index is 13.7. The molecule has 0 unspecified atom stereocenters. The predicted octanol–water partition coefficient (Wildman–Crippen LogP) is 4.04. The number of ether oxygens (including phenoxy) is 4. The number of primary amides is 1. The number of benzene rings is 2. The molecule has 0 aliphatic carbocycles. The molecule has 2 aromatic heterocycles. The van der Waals surface area contributed by atoms with Gasteiger partial charge in [0.2, 0.25) is 11.8 Å². The maximum Gasteiger partial charge on any atom is 0.408 e. The molecule has 2 aliphatic heterocycles. The topological polar surface area (TPSA) is 348 Å². The molecule has 1 fully saturated rings. The Morgan fingerprint density at radius 1 is 0.838 bits per heavy atom. The van der Waals surface area contributed by atoms with Crippen molar-refractivity contribution in [3.05, 3.63) is 96.6 Å². The molecule has 80 heavy (non-hydrogen) atoms. The summed E-state index contributed by atoms with van der Waals surface area (Å²) in [6.45, 7) is 6.21. The molecular formula is C55H68N12O13. The number of esters is 1. The third kappa shape index (κ3) is 18.3. The number of hydrogen-bond donors (Lipinski definition) is 7. The number of pyridine rings is 1. The number of methoxy groups -OCH3 is 1. The number of amides is 8. The molecule has 6 rings (SSSR count). The molecule has 25 heteroatoms. The molecule has 2 aromatic carbocycles. The summed E-state index contributed by atoms with van der Waals surface area (Å²) >= 11 is 0. The van der Waals surface area contributed by atoms with Crippen LogP contribution >= 0.6 is 0 Å². The smallest absolute Gasteiger partial charge is 0.408 e. The van der Waals surface area contributed by atoms with E-state index < -0.39 is 47.9 Å². The van der Waals surface area contributed by atoms with Gasteiger partial charge in [-0.25, -0.2) is 24.4 Å². The Bertz CT molecular complexity index is 2840. The highest BCUT2D eigenvalue weighted by Crippen LogP contribution is 2.28. The Morgan fingerprint density at radius 3 is 2.25 bits per heavy atom. The van der Waals surface area contributed by atoms with Gasteiger partial charge in [-0.15, -0.1) is 0 Å². The van der Waals surface area contributed by atoms with Gasteiger partial charge in [-0.05, 0) is 79.6 Å². The second kappa shape index (κ2) is 30.2. The van der Waals surface area contributed by atoms with E-state index in [4.69, 9.17) is 30.4 Å². The fourth-order valence-corrected chi connectivity index (χ4v) is 8.62. The van der Waals surface area contributed by atoms with E-state index in [1.165, 1.54) is 25.5 Å². The van der Waals surface area contributed by atoms with Gasteiger partial charge in [-0.3, -0.25) is 38.7 Å². The molecule has 4 aromatic rings. The van der Waals surface area contributed by atoms with Crippen molar-refractivity contribution in [2.45, 2.75) is 83.9 Å². The Balaban J connectivity index is 0.953. The first-order valence-electron chi connectivity index (χ1n) is 26.2. The Kier molecular flexibility index (Phi) is 22.8. The maximum absolute atomic E-state index is 13.7. The van der Waals surface area contributed by atoms with E-state index in [1.807, 2.05) is 6.07 Å². The summed E-state index contributed by atoms with van der Waals surface area (Å²) in [6.07, 6.45) is 8.22. The van der Waals surface area contributed by atoms with E-state index in [0.717, 1.165) is 10.6 Å². The van der Waals surface area contributed by atoms with Crippen LogP contribution in [0.5, 0.6) is 5.75 Å². The number of anilines is 4. The molecule has 25 nitrogen and oxygen atoms in total. The number of nitrogen functional groups attached to an aromatic ring is 1. The molecule has 0 bridgehead atoms. The van der Waals surface area contributed by atoms with Gasteiger partial charge in [0.25, 0.3) is 17.7 Å². The molecule has 3 atom stereocenters. The summed E-state index contributed by atoms with van der Waals surface area (Å²) in [5.41, 5.74) is 14.4. The third-order valence-electron chi connectivity index (χ3n) is 13.0. The normalized spacial score (nSPS) is 14.2. The van der Waals surface area contributed by atoms with Crippen LogP contribution in [0.15, 0.2) is 85.3 Å². The minimum atomic E-state index is -1.13. The summed E-state index contributed by atoms with van der Waals surface area (Å²) < 4.78 is 21.6.